The third-order valence-corrected chi connectivity index (χ3v) is 25.0. The fourth-order valence-electron chi connectivity index (χ4n) is 19.8. The highest BCUT2D eigenvalue weighted by molar-refractivity contribution is 6.01. The Morgan fingerprint density at radius 3 is 1.07 bits per heavy atom. The zero-order chi connectivity index (χ0) is 73.2. The molecule has 1 atom stereocenters. The zero-order valence-corrected chi connectivity index (χ0v) is 61.9. The van der Waals surface area contributed by atoms with Gasteiger partial charge in [-0.3, -0.25) is 0 Å². The van der Waals surface area contributed by atoms with Gasteiger partial charge >= 0.3 is 0 Å². The summed E-state index contributed by atoms with van der Waals surface area (Å²) in [6, 6.07) is 151. The first-order valence-electron chi connectivity index (χ1n) is 39.0. The molecular weight excluding hydrogens is 1320 g/mol. The molecule has 0 N–H and O–H groups in total. The van der Waals surface area contributed by atoms with Crippen LogP contribution in [0, 0.1) is 20.8 Å². The molecule has 3 aliphatic carbocycles. The van der Waals surface area contributed by atoms with E-state index < -0.39 is 16.2 Å². The van der Waals surface area contributed by atoms with E-state index >= 15 is 0 Å². The van der Waals surface area contributed by atoms with Gasteiger partial charge in [-0.05, 0) is 258 Å². The molecule has 0 nitrogen and oxygen atoms in total. The minimum Gasteiger partial charge on any atom is -0.0622 e. The second kappa shape index (κ2) is 25.7. The van der Waals surface area contributed by atoms with Crippen LogP contribution in [0.1, 0.15) is 94.6 Å². The molecule has 0 bridgehead atoms. The van der Waals surface area contributed by atoms with Crippen molar-refractivity contribution < 1.29 is 0 Å². The largest absolute Gasteiger partial charge is 0.0713 e. The number of rotatable bonds is 13. The summed E-state index contributed by atoms with van der Waals surface area (Å²) in [5.41, 5.74) is 37.6. The fraction of sp³-hybridized carbons (Fsp3) is 0.0727. The van der Waals surface area contributed by atoms with E-state index in [1.165, 1.54) is 205 Å². The van der Waals surface area contributed by atoms with Gasteiger partial charge < -0.3 is 0 Å². The Kier molecular flexibility index (Phi) is 15.2. The molecule has 0 spiro atoms. The van der Waals surface area contributed by atoms with Gasteiger partial charge in [0.15, 0.2) is 0 Å². The summed E-state index contributed by atoms with van der Waals surface area (Å²) in [5.74, 6) is 0. The minimum atomic E-state index is -0.622. The number of aryl methyl sites for hydroxylation is 5. The van der Waals surface area contributed by atoms with Crippen molar-refractivity contribution in [3.8, 4) is 77.9 Å². The molecule has 1 unspecified atom stereocenters. The highest BCUT2D eigenvalue weighted by Gasteiger charge is 2.50. The van der Waals surface area contributed by atoms with Crippen molar-refractivity contribution in [1.82, 2.24) is 0 Å². The third kappa shape index (κ3) is 10.1. The van der Waals surface area contributed by atoms with Crippen LogP contribution in [0.15, 0.2) is 394 Å². The molecule has 110 heavy (non-hydrogen) atoms. The average molecular weight is 1400 g/mol. The van der Waals surface area contributed by atoms with Crippen LogP contribution >= 0.6 is 0 Å². The molecule has 0 aromatic heterocycles. The lowest BCUT2D eigenvalue weighted by Crippen LogP contribution is -2.28. The van der Waals surface area contributed by atoms with Crippen LogP contribution in [0.2, 0.25) is 0 Å². The number of hydrogen-bond donors (Lipinski definition) is 0. The third-order valence-electron chi connectivity index (χ3n) is 25.0. The van der Waals surface area contributed by atoms with Gasteiger partial charge in [-0.15, -0.1) is 0 Å². The van der Waals surface area contributed by atoms with E-state index in [1.807, 2.05) is 0 Å². The second-order valence-corrected chi connectivity index (χ2v) is 31.1. The SMILES string of the molecule is Cc1ccc(C2(c3ccc(C)cc3)c3ccccc3-c3ccc(-c4ccc5ccc(CCc6ccc7ccc(-c8cccc9c8-c8ccccc8C9(c8ccccc8)c8ccc(-c9cc%10c(cc9-c9ccc%11ccc(C)cc%11c9)C(c9ccccc9)(c9ccccc9)c9ccccc9-%10)cc8)cc7c6)cc5c4)cc32)cc1. The Labute approximate surface area is 644 Å². The Balaban J connectivity index is 0.631. The molecule has 3 aliphatic rings. The monoisotopic (exact) mass is 1400 g/mol. The molecule has 0 heteroatoms. The fourth-order valence-corrected chi connectivity index (χ4v) is 19.8. The van der Waals surface area contributed by atoms with Crippen LogP contribution in [0.3, 0.4) is 0 Å². The first-order chi connectivity index (χ1) is 54.2. The lowest BCUT2D eigenvalue weighted by molar-refractivity contribution is 0.768. The molecule has 0 saturated heterocycles. The Hall–Kier alpha value is -13.3. The Bertz CT molecular complexity index is 6610. The predicted molar refractivity (Wildman–Crippen MR) is 461 cm³/mol. The quantitative estimate of drug-likeness (QED) is 0.108. The molecule has 21 rings (SSSR count). The second-order valence-electron chi connectivity index (χ2n) is 31.1. The zero-order valence-electron chi connectivity index (χ0n) is 61.9. The number of hydrogen-bond acceptors (Lipinski definition) is 0. The van der Waals surface area contributed by atoms with Gasteiger partial charge in [-0.2, -0.15) is 0 Å². The highest BCUT2D eigenvalue weighted by Crippen LogP contribution is 2.62. The minimum absolute atomic E-state index is 0.465. The molecule has 18 aromatic carbocycles. The summed E-state index contributed by atoms with van der Waals surface area (Å²) in [4.78, 5) is 0. The maximum absolute atomic E-state index is 2.55. The molecule has 518 valence electrons. The summed E-state index contributed by atoms with van der Waals surface area (Å²) in [5, 5.41) is 7.48. The van der Waals surface area contributed by atoms with Gasteiger partial charge in [0.05, 0.1) is 16.2 Å². The van der Waals surface area contributed by atoms with Crippen molar-refractivity contribution in [1.29, 1.82) is 0 Å². The maximum atomic E-state index is 2.55. The van der Waals surface area contributed by atoms with Crippen LogP contribution in [0.4, 0.5) is 0 Å². The molecular formula is C110H78. The van der Waals surface area contributed by atoms with Gasteiger partial charge in [0.2, 0.25) is 0 Å². The standard InChI is InChI=1S/C110H78/c1-71-35-55-90(56-36-71)110(91-57-37-72(2)38-58-91)101-30-16-13-26-94(101)96-61-54-81(68-105(96)110)80-49-46-77-44-41-74(63-85(77)65-80)39-40-75-42-45-78-47-50-82(66-86(78)64-75)93-29-19-33-104-107(93)97-28-15-18-32-103(97)108(104,87-20-7-4-8-21-87)92-59-52-79(53-60-92)98-69-100-95-27-14-17-31-102(95)109(88-22-9-5-10-23-88,89-24-11-6-12-25-89)106(100)70-99(98)83-51-48-76-43-34-73(3)62-84(76)67-83/h4-38,41-70H,39-40H2,1-3H3. The average Bonchev–Trinajstić information content (AvgIpc) is 1.54. The Morgan fingerprint density at radius 1 is 0.173 bits per heavy atom. The van der Waals surface area contributed by atoms with Gasteiger partial charge in [0, 0.05) is 0 Å². The van der Waals surface area contributed by atoms with Crippen LogP contribution in [-0.2, 0) is 29.1 Å². The lowest BCUT2D eigenvalue weighted by atomic mass is 9.67. The molecule has 18 aromatic rings. The summed E-state index contributed by atoms with van der Waals surface area (Å²) in [7, 11) is 0. The van der Waals surface area contributed by atoms with Gasteiger partial charge in [0.25, 0.3) is 0 Å². The van der Waals surface area contributed by atoms with E-state index in [9.17, 15) is 0 Å². The summed E-state index contributed by atoms with van der Waals surface area (Å²) >= 11 is 0. The van der Waals surface area contributed by atoms with Crippen molar-refractivity contribution in [2.45, 2.75) is 49.9 Å². The summed E-state index contributed by atoms with van der Waals surface area (Å²) in [6.45, 7) is 6.56. The van der Waals surface area contributed by atoms with Crippen LogP contribution in [-0.4, -0.2) is 0 Å². The van der Waals surface area contributed by atoms with E-state index in [2.05, 4.69) is 415 Å². The van der Waals surface area contributed by atoms with Crippen molar-refractivity contribution in [2.75, 3.05) is 0 Å². The maximum Gasteiger partial charge on any atom is 0.0713 e. The van der Waals surface area contributed by atoms with Crippen LogP contribution in [0.5, 0.6) is 0 Å². The van der Waals surface area contributed by atoms with Gasteiger partial charge in [-0.25, -0.2) is 0 Å². The van der Waals surface area contributed by atoms with Crippen molar-refractivity contribution in [3.63, 3.8) is 0 Å². The van der Waals surface area contributed by atoms with Gasteiger partial charge in [-0.1, -0.05) is 375 Å². The topological polar surface area (TPSA) is 0 Å². The van der Waals surface area contributed by atoms with E-state index in [4.69, 9.17) is 0 Å². The van der Waals surface area contributed by atoms with E-state index in [0.29, 0.717) is 0 Å². The van der Waals surface area contributed by atoms with Crippen LogP contribution < -0.4 is 0 Å². The first-order valence-corrected chi connectivity index (χ1v) is 39.0. The molecule has 0 saturated carbocycles. The van der Waals surface area contributed by atoms with Crippen LogP contribution in [0.25, 0.3) is 110 Å². The van der Waals surface area contributed by atoms with Crippen molar-refractivity contribution >= 4 is 32.3 Å². The van der Waals surface area contributed by atoms with E-state index in [-0.39, 0.29) is 0 Å². The number of fused-ring (bicyclic) bond motifs is 12. The molecule has 0 amide bonds. The van der Waals surface area contributed by atoms with Gasteiger partial charge in [0.1, 0.15) is 0 Å². The normalized spacial score (nSPS) is 14.6. The van der Waals surface area contributed by atoms with Crippen molar-refractivity contribution in [3.05, 3.63) is 489 Å². The molecule has 0 radical (unpaired) electrons. The van der Waals surface area contributed by atoms with E-state index in [0.717, 1.165) is 12.8 Å². The first kappa shape index (κ1) is 65.1. The van der Waals surface area contributed by atoms with E-state index in [1.54, 1.807) is 0 Å². The molecule has 0 aliphatic heterocycles. The smallest absolute Gasteiger partial charge is 0.0622 e. The molecule has 0 heterocycles. The highest BCUT2D eigenvalue weighted by atomic mass is 14.5. The lowest BCUT2D eigenvalue weighted by Gasteiger charge is -2.34. The predicted octanol–water partition coefficient (Wildman–Crippen LogP) is 27.6. The Morgan fingerprint density at radius 2 is 0.518 bits per heavy atom. The molecule has 0 fully saturated rings. The summed E-state index contributed by atoms with van der Waals surface area (Å²) in [6.07, 6.45) is 1.86. The number of benzene rings is 18. The van der Waals surface area contributed by atoms with Crippen molar-refractivity contribution in [2.24, 2.45) is 0 Å². The summed E-state index contributed by atoms with van der Waals surface area (Å²) < 4.78 is 0.